The van der Waals surface area contributed by atoms with Crippen molar-refractivity contribution in [3.05, 3.63) is 182 Å². The Morgan fingerprint density at radius 2 is 0.870 bits per heavy atom. The second-order valence-electron chi connectivity index (χ2n) is 11.8. The van der Waals surface area contributed by atoms with Gasteiger partial charge in [0, 0.05) is 33.2 Å². The number of rotatable bonds is 5. The van der Waals surface area contributed by atoms with Crippen LogP contribution >= 0.6 is 0 Å². The predicted octanol–water partition coefficient (Wildman–Crippen LogP) is 12.2. The summed E-state index contributed by atoms with van der Waals surface area (Å²) < 4.78 is 2.45. The van der Waals surface area contributed by atoms with Crippen molar-refractivity contribution in [1.82, 2.24) is 4.57 Å². The molecule has 0 bridgehead atoms. The molecule has 46 heavy (non-hydrogen) atoms. The molecule has 0 saturated carbocycles. The van der Waals surface area contributed by atoms with E-state index in [1.54, 1.807) is 0 Å². The molecule has 0 saturated heterocycles. The van der Waals surface area contributed by atoms with Gasteiger partial charge in [0.15, 0.2) is 0 Å². The Kier molecular flexibility index (Phi) is 6.17. The van der Waals surface area contributed by atoms with Crippen LogP contribution in [0.1, 0.15) is 0 Å². The molecule has 0 aliphatic heterocycles. The molecule has 0 atom stereocenters. The quantitative estimate of drug-likeness (QED) is 0.182. The van der Waals surface area contributed by atoms with Crippen LogP contribution < -0.4 is 4.90 Å². The van der Waals surface area contributed by atoms with Crippen LogP contribution in [0.3, 0.4) is 0 Å². The molecular formula is C44H30N2. The molecule has 1 heterocycles. The second-order valence-corrected chi connectivity index (χ2v) is 11.8. The van der Waals surface area contributed by atoms with E-state index in [-0.39, 0.29) is 0 Å². The summed E-state index contributed by atoms with van der Waals surface area (Å²) in [5.41, 5.74) is 9.38. The van der Waals surface area contributed by atoms with Crippen molar-refractivity contribution in [3.63, 3.8) is 0 Å². The van der Waals surface area contributed by atoms with Gasteiger partial charge in [-0.25, -0.2) is 0 Å². The van der Waals surface area contributed by atoms with E-state index in [2.05, 4.69) is 191 Å². The van der Waals surface area contributed by atoms with Gasteiger partial charge < -0.3 is 9.47 Å². The second kappa shape index (κ2) is 10.8. The van der Waals surface area contributed by atoms with Crippen molar-refractivity contribution in [1.29, 1.82) is 0 Å². The standard InChI is InChI=1S/C44H30N2/c1-3-13-31(14-4-1)32-23-25-35(26-24-32)45(34-16-5-2-6-17-34)36-27-28-43-41(30-36)40-21-11-12-22-42(40)46(43)44-29-33-15-7-8-18-37(33)38-19-9-10-20-39(38)44/h1-30H. The summed E-state index contributed by atoms with van der Waals surface area (Å²) in [7, 11) is 0. The van der Waals surface area contributed by atoms with Crippen molar-refractivity contribution < 1.29 is 0 Å². The SMILES string of the molecule is c1ccc(-c2ccc(N(c3ccccc3)c3ccc4c(c3)c3ccccc3n4-c3cc4ccccc4c4ccccc34)cc2)cc1. The average Bonchev–Trinajstić information content (AvgIpc) is 3.46. The molecule has 0 aliphatic rings. The van der Waals surface area contributed by atoms with Crippen LogP contribution in [0, 0.1) is 0 Å². The zero-order chi connectivity index (χ0) is 30.5. The van der Waals surface area contributed by atoms with E-state index in [9.17, 15) is 0 Å². The summed E-state index contributed by atoms with van der Waals surface area (Å²) in [6.45, 7) is 0. The summed E-state index contributed by atoms with van der Waals surface area (Å²) in [6.07, 6.45) is 0. The maximum Gasteiger partial charge on any atom is 0.0546 e. The van der Waals surface area contributed by atoms with Crippen LogP contribution in [-0.2, 0) is 0 Å². The van der Waals surface area contributed by atoms with Crippen molar-refractivity contribution >= 4 is 60.4 Å². The number of fused-ring (bicyclic) bond motifs is 6. The maximum absolute atomic E-state index is 2.45. The highest BCUT2D eigenvalue weighted by Crippen LogP contribution is 2.41. The lowest BCUT2D eigenvalue weighted by Gasteiger charge is -2.26. The number of benzene rings is 8. The molecule has 0 N–H and O–H groups in total. The number of nitrogens with zero attached hydrogens (tertiary/aromatic N) is 2. The largest absolute Gasteiger partial charge is 0.310 e. The minimum atomic E-state index is 1.12. The number of para-hydroxylation sites is 2. The van der Waals surface area contributed by atoms with Crippen molar-refractivity contribution in [2.75, 3.05) is 4.90 Å². The number of hydrogen-bond acceptors (Lipinski definition) is 1. The Bertz CT molecular complexity index is 2510. The highest BCUT2D eigenvalue weighted by molar-refractivity contribution is 6.15. The third-order valence-electron chi connectivity index (χ3n) is 9.15. The van der Waals surface area contributed by atoms with E-state index in [1.807, 2.05) is 0 Å². The Morgan fingerprint density at radius 1 is 0.326 bits per heavy atom. The molecule has 9 rings (SSSR count). The van der Waals surface area contributed by atoms with Gasteiger partial charge in [-0.05, 0) is 81.9 Å². The molecule has 2 heteroatoms. The molecule has 2 nitrogen and oxygen atoms in total. The molecule has 0 fully saturated rings. The van der Waals surface area contributed by atoms with Gasteiger partial charge in [0.2, 0.25) is 0 Å². The molecule has 0 aliphatic carbocycles. The lowest BCUT2D eigenvalue weighted by molar-refractivity contribution is 1.20. The smallest absolute Gasteiger partial charge is 0.0546 e. The van der Waals surface area contributed by atoms with E-state index in [0.29, 0.717) is 0 Å². The summed E-state index contributed by atoms with van der Waals surface area (Å²) in [5, 5.41) is 7.51. The molecule has 8 aromatic carbocycles. The van der Waals surface area contributed by atoms with Crippen molar-refractivity contribution in [2.45, 2.75) is 0 Å². The zero-order valence-corrected chi connectivity index (χ0v) is 25.2. The zero-order valence-electron chi connectivity index (χ0n) is 25.2. The third-order valence-corrected chi connectivity index (χ3v) is 9.15. The molecule has 0 radical (unpaired) electrons. The Hall–Kier alpha value is -6.12. The lowest BCUT2D eigenvalue weighted by Crippen LogP contribution is -2.09. The summed E-state index contributed by atoms with van der Waals surface area (Å²) in [4.78, 5) is 2.35. The van der Waals surface area contributed by atoms with Crippen LogP contribution in [0.15, 0.2) is 182 Å². The van der Waals surface area contributed by atoms with Gasteiger partial charge in [-0.15, -0.1) is 0 Å². The van der Waals surface area contributed by atoms with Crippen LogP contribution in [0.5, 0.6) is 0 Å². The van der Waals surface area contributed by atoms with Crippen LogP contribution in [0.25, 0.3) is 60.2 Å². The summed E-state index contributed by atoms with van der Waals surface area (Å²) in [5.74, 6) is 0. The summed E-state index contributed by atoms with van der Waals surface area (Å²) in [6, 6.07) is 65.6. The fourth-order valence-corrected chi connectivity index (χ4v) is 7.04. The number of anilines is 3. The Balaban J connectivity index is 1.26. The monoisotopic (exact) mass is 586 g/mol. The van der Waals surface area contributed by atoms with Gasteiger partial charge in [0.1, 0.15) is 0 Å². The molecule has 0 unspecified atom stereocenters. The van der Waals surface area contributed by atoms with Gasteiger partial charge in [0.05, 0.1) is 16.7 Å². The van der Waals surface area contributed by atoms with Crippen molar-refractivity contribution in [3.8, 4) is 16.8 Å². The van der Waals surface area contributed by atoms with Crippen LogP contribution in [0.2, 0.25) is 0 Å². The van der Waals surface area contributed by atoms with Crippen LogP contribution in [-0.4, -0.2) is 4.57 Å². The normalized spacial score (nSPS) is 11.5. The molecule has 216 valence electrons. The van der Waals surface area contributed by atoms with E-state index in [0.717, 1.165) is 17.1 Å². The number of hydrogen-bond donors (Lipinski definition) is 0. The van der Waals surface area contributed by atoms with Gasteiger partial charge >= 0.3 is 0 Å². The highest BCUT2D eigenvalue weighted by atomic mass is 15.1. The van der Waals surface area contributed by atoms with E-state index < -0.39 is 0 Å². The third kappa shape index (κ3) is 4.27. The molecular weight excluding hydrogens is 556 g/mol. The fourth-order valence-electron chi connectivity index (χ4n) is 7.04. The Morgan fingerprint density at radius 3 is 1.65 bits per heavy atom. The first kappa shape index (κ1) is 26.3. The molecule has 1 aromatic heterocycles. The first-order valence-electron chi connectivity index (χ1n) is 15.8. The topological polar surface area (TPSA) is 8.17 Å². The van der Waals surface area contributed by atoms with E-state index >= 15 is 0 Å². The minimum absolute atomic E-state index is 1.12. The first-order chi connectivity index (χ1) is 22.8. The van der Waals surface area contributed by atoms with E-state index in [4.69, 9.17) is 0 Å². The van der Waals surface area contributed by atoms with E-state index in [1.165, 1.54) is 60.2 Å². The number of aromatic nitrogens is 1. The fraction of sp³-hybridized carbons (Fsp3) is 0. The van der Waals surface area contributed by atoms with Gasteiger partial charge in [-0.3, -0.25) is 0 Å². The first-order valence-corrected chi connectivity index (χ1v) is 15.8. The predicted molar refractivity (Wildman–Crippen MR) is 196 cm³/mol. The molecule has 0 spiro atoms. The molecule has 0 amide bonds. The van der Waals surface area contributed by atoms with Gasteiger partial charge in [-0.1, -0.05) is 127 Å². The molecule has 9 aromatic rings. The highest BCUT2D eigenvalue weighted by Gasteiger charge is 2.19. The summed E-state index contributed by atoms with van der Waals surface area (Å²) >= 11 is 0. The average molecular weight is 587 g/mol. The van der Waals surface area contributed by atoms with Gasteiger partial charge in [0.25, 0.3) is 0 Å². The Labute approximate surface area is 268 Å². The van der Waals surface area contributed by atoms with Crippen molar-refractivity contribution in [2.24, 2.45) is 0 Å². The lowest BCUT2D eigenvalue weighted by atomic mass is 10.00. The van der Waals surface area contributed by atoms with Crippen LogP contribution in [0.4, 0.5) is 17.1 Å². The van der Waals surface area contributed by atoms with Gasteiger partial charge in [-0.2, -0.15) is 0 Å². The minimum Gasteiger partial charge on any atom is -0.310 e. The maximum atomic E-state index is 2.45.